The van der Waals surface area contributed by atoms with Crippen LogP contribution in [0.1, 0.15) is 15.2 Å². The first-order chi connectivity index (χ1) is 10.5. The molecule has 5 nitrogen and oxygen atoms in total. The number of ether oxygens (including phenoxy) is 1. The van der Waals surface area contributed by atoms with Crippen molar-refractivity contribution in [3.05, 3.63) is 49.6 Å². The topological polar surface area (TPSA) is 67.4 Å². The fraction of sp³-hybridized carbons (Fsp3) is 0.143. The van der Waals surface area contributed by atoms with Crippen molar-refractivity contribution in [1.29, 1.82) is 0 Å². The molecule has 1 heterocycles. The van der Waals surface area contributed by atoms with Crippen LogP contribution in [0.5, 0.6) is 5.75 Å². The minimum Gasteiger partial charge on any atom is -0.482 e. The van der Waals surface area contributed by atoms with Crippen LogP contribution in [-0.2, 0) is 4.79 Å². The molecule has 0 saturated heterocycles. The van der Waals surface area contributed by atoms with Crippen LogP contribution in [0.4, 0.5) is 0 Å². The summed E-state index contributed by atoms with van der Waals surface area (Å²) in [6.45, 7) is 1.56. The molecule has 2 amide bonds. The van der Waals surface area contributed by atoms with Gasteiger partial charge in [-0.2, -0.15) is 0 Å². The van der Waals surface area contributed by atoms with Gasteiger partial charge >= 0.3 is 0 Å². The summed E-state index contributed by atoms with van der Waals surface area (Å²) in [5, 5.41) is 2.18. The fourth-order valence-corrected chi connectivity index (χ4v) is 3.29. The number of nitrogens with one attached hydrogen (secondary N) is 2. The Morgan fingerprint density at radius 3 is 2.77 bits per heavy atom. The van der Waals surface area contributed by atoms with Crippen molar-refractivity contribution in [3.63, 3.8) is 0 Å². The monoisotopic (exact) mass is 402 g/mol. The molecule has 8 heteroatoms. The highest BCUT2D eigenvalue weighted by Gasteiger charge is 2.11. The molecule has 2 rings (SSSR count). The normalized spacial score (nSPS) is 10.1. The van der Waals surface area contributed by atoms with E-state index in [2.05, 4.69) is 26.8 Å². The van der Waals surface area contributed by atoms with Crippen molar-refractivity contribution >= 4 is 50.7 Å². The van der Waals surface area contributed by atoms with Gasteiger partial charge in [-0.05, 0) is 36.1 Å². The van der Waals surface area contributed by atoms with Crippen molar-refractivity contribution in [2.24, 2.45) is 0 Å². The van der Waals surface area contributed by atoms with E-state index in [4.69, 9.17) is 16.3 Å². The first-order valence-corrected chi connectivity index (χ1v) is 8.23. The van der Waals surface area contributed by atoms with Gasteiger partial charge in [0.25, 0.3) is 11.8 Å². The maximum absolute atomic E-state index is 11.7. The number of hydrogen-bond acceptors (Lipinski definition) is 4. The van der Waals surface area contributed by atoms with Crippen molar-refractivity contribution in [2.75, 3.05) is 6.61 Å². The standard InChI is InChI=1S/C14H12BrClN2O3S/c1-8-5-9(15)6-10(16)13(8)21-7-12(19)17-18-14(20)11-3-2-4-22-11/h2-6H,7H2,1H3,(H,17,19)(H,18,20). The zero-order chi connectivity index (χ0) is 16.1. The molecule has 0 unspecified atom stereocenters. The van der Waals surface area contributed by atoms with Crippen LogP contribution >= 0.6 is 38.9 Å². The summed E-state index contributed by atoms with van der Waals surface area (Å²) < 4.78 is 6.22. The zero-order valence-corrected chi connectivity index (χ0v) is 14.6. The average molecular weight is 404 g/mol. The van der Waals surface area contributed by atoms with E-state index in [9.17, 15) is 9.59 Å². The van der Waals surface area contributed by atoms with Gasteiger partial charge in [-0.25, -0.2) is 0 Å². The number of halogens is 2. The van der Waals surface area contributed by atoms with Gasteiger partial charge in [0.2, 0.25) is 0 Å². The van der Waals surface area contributed by atoms with Crippen LogP contribution in [0.25, 0.3) is 0 Å². The molecule has 1 aromatic carbocycles. The number of rotatable bonds is 4. The van der Waals surface area contributed by atoms with Crippen molar-refractivity contribution in [2.45, 2.75) is 6.92 Å². The third-order valence-corrected chi connectivity index (χ3v) is 4.21. The molecule has 0 spiro atoms. The number of amides is 2. The predicted octanol–water partition coefficient (Wildman–Crippen LogP) is 3.31. The molecule has 0 aliphatic carbocycles. The molecule has 0 atom stereocenters. The largest absolute Gasteiger partial charge is 0.482 e. The Labute approximate surface area is 144 Å². The maximum atomic E-state index is 11.7. The SMILES string of the molecule is Cc1cc(Br)cc(Cl)c1OCC(=O)NNC(=O)c1cccs1. The number of thiophene rings is 1. The minimum absolute atomic E-state index is 0.257. The van der Waals surface area contributed by atoms with Crippen LogP contribution < -0.4 is 15.6 Å². The number of hydrazine groups is 1. The zero-order valence-electron chi connectivity index (χ0n) is 11.5. The summed E-state index contributed by atoms with van der Waals surface area (Å²) >= 11 is 10.7. The summed E-state index contributed by atoms with van der Waals surface area (Å²) in [5.74, 6) is -0.422. The van der Waals surface area contributed by atoms with Crippen LogP contribution in [0.3, 0.4) is 0 Å². The number of benzene rings is 1. The molecule has 2 aromatic rings. The molecular formula is C14H12BrClN2O3S. The third kappa shape index (κ3) is 4.46. The molecule has 2 N–H and O–H groups in total. The van der Waals surface area contributed by atoms with Crippen molar-refractivity contribution in [1.82, 2.24) is 10.9 Å². The Kier molecular flexibility index (Phi) is 5.82. The van der Waals surface area contributed by atoms with E-state index in [1.165, 1.54) is 11.3 Å². The first kappa shape index (κ1) is 16.8. The predicted molar refractivity (Wildman–Crippen MR) is 89.3 cm³/mol. The van der Waals surface area contributed by atoms with Gasteiger partial charge in [0.1, 0.15) is 5.75 Å². The van der Waals surface area contributed by atoms with Crippen molar-refractivity contribution in [3.8, 4) is 5.75 Å². The second-order valence-corrected chi connectivity index (χ2v) is 6.57. The van der Waals surface area contributed by atoms with Crippen LogP contribution in [0.15, 0.2) is 34.1 Å². The lowest BCUT2D eigenvalue weighted by atomic mass is 10.2. The van der Waals surface area contributed by atoms with Gasteiger partial charge in [0.05, 0.1) is 9.90 Å². The highest BCUT2D eigenvalue weighted by molar-refractivity contribution is 9.10. The second kappa shape index (κ2) is 7.62. The lowest BCUT2D eigenvalue weighted by molar-refractivity contribution is -0.123. The Hall–Kier alpha value is -1.57. The molecular weight excluding hydrogens is 392 g/mol. The Bertz CT molecular complexity index is 668. The number of hydrogen-bond donors (Lipinski definition) is 2. The third-order valence-electron chi connectivity index (χ3n) is 2.60. The van der Waals surface area contributed by atoms with Gasteiger partial charge in [-0.15, -0.1) is 11.3 Å². The van der Waals surface area contributed by atoms with E-state index < -0.39 is 5.91 Å². The fourth-order valence-electron chi connectivity index (χ4n) is 1.64. The van der Waals surface area contributed by atoms with E-state index in [0.717, 1.165) is 10.0 Å². The van der Waals surface area contributed by atoms with Crippen LogP contribution in [-0.4, -0.2) is 18.4 Å². The highest BCUT2D eigenvalue weighted by atomic mass is 79.9. The summed E-state index contributed by atoms with van der Waals surface area (Å²) in [7, 11) is 0. The van der Waals surface area contributed by atoms with E-state index >= 15 is 0 Å². The summed E-state index contributed by atoms with van der Waals surface area (Å²) in [4.78, 5) is 23.8. The summed E-state index contributed by atoms with van der Waals surface area (Å²) in [6.07, 6.45) is 0. The molecule has 1 aromatic heterocycles. The van der Waals surface area contributed by atoms with E-state index in [-0.39, 0.29) is 12.5 Å². The van der Waals surface area contributed by atoms with Gasteiger partial charge in [0, 0.05) is 4.47 Å². The number of carbonyl (C=O) groups is 2. The smallest absolute Gasteiger partial charge is 0.279 e. The lowest BCUT2D eigenvalue weighted by Gasteiger charge is -2.12. The van der Waals surface area contributed by atoms with Crippen LogP contribution in [0, 0.1) is 6.92 Å². The Morgan fingerprint density at radius 1 is 1.36 bits per heavy atom. The van der Waals surface area contributed by atoms with Crippen LogP contribution in [0.2, 0.25) is 5.02 Å². The number of carbonyl (C=O) groups excluding carboxylic acids is 2. The second-order valence-electron chi connectivity index (χ2n) is 4.30. The first-order valence-electron chi connectivity index (χ1n) is 6.18. The highest BCUT2D eigenvalue weighted by Crippen LogP contribution is 2.31. The lowest BCUT2D eigenvalue weighted by Crippen LogP contribution is -2.43. The molecule has 0 fully saturated rings. The number of aryl methyl sites for hydroxylation is 1. The summed E-state index contributed by atoms with van der Waals surface area (Å²) in [5.41, 5.74) is 5.39. The maximum Gasteiger partial charge on any atom is 0.279 e. The molecule has 22 heavy (non-hydrogen) atoms. The molecule has 0 aliphatic rings. The van der Waals surface area contributed by atoms with Crippen molar-refractivity contribution < 1.29 is 14.3 Å². The van der Waals surface area contributed by atoms with Gasteiger partial charge < -0.3 is 4.74 Å². The molecule has 0 bridgehead atoms. The van der Waals surface area contributed by atoms with E-state index in [1.54, 1.807) is 23.6 Å². The molecule has 0 radical (unpaired) electrons. The Balaban J connectivity index is 1.85. The molecule has 116 valence electrons. The quantitative estimate of drug-likeness (QED) is 0.770. The van der Waals surface area contributed by atoms with E-state index in [1.807, 2.05) is 13.0 Å². The Morgan fingerprint density at radius 2 is 2.14 bits per heavy atom. The average Bonchev–Trinajstić information content (AvgIpc) is 2.97. The molecule has 0 saturated carbocycles. The van der Waals surface area contributed by atoms with E-state index in [0.29, 0.717) is 15.6 Å². The summed E-state index contributed by atoms with van der Waals surface area (Å²) in [6, 6.07) is 6.93. The minimum atomic E-state index is -0.483. The van der Waals surface area contributed by atoms with Gasteiger partial charge in [-0.1, -0.05) is 33.6 Å². The molecule has 0 aliphatic heterocycles. The van der Waals surface area contributed by atoms with Gasteiger partial charge in [0.15, 0.2) is 6.61 Å². The van der Waals surface area contributed by atoms with Gasteiger partial charge in [-0.3, -0.25) is 20.4 Å².